The van der Waals surface area contributed by atoms with Gasteiger partial charge in [-0.25, -0.2) is 18.1 Å². The Labute approximate surface area is 112 Å². The average Bonchev–Trinajstić information content (AvgIpc) is 2.94. The van der Waals surface area contributed by atoms with Gasteiger partial charge < -0.3 is 10.7 Å². The standard InChI is InChI=1S/C12H16N4O2S/c13-11(10-4-2-1-3-5-10)6-7-16-19(17,18)12-8-14-9-15-12/h1-5,8-9,11,16H,6-7,13H2,(H,14,15). The van der Waals surface area contributed by atoms with Crippen molar-refractivity contribution in [1.29, 1.82) is 0 Å². The number of aromatic nitrogens is 2. The second-order valence-corrected chi connectivity index (χ2v) is 5.85. The molecule has 1 unspecified atom stereocenters. The highest BCUT2D eigenvalue weighted by molar-refractivity contribution is 7.89. The number of rotatable bonds is 6. The lowest BCUT2D eigenvalue weighted by molar-refractivity contribution is 0.566. The molecule has 102 valence electrons. The van der Waals surface area contributed by atoms with E-state index in [1.165, 1.54) is 12.5 Å². The quantitative estimate of drug-likeness (QED) is 0.727. The van der Waals surface area contributed by atoms with E-state index in [0.29, 0.717) is 6.42 Å². The van der Waals surface area contributed by atoms with Gasteiger partial charge in [0.15, 0.2) is 5.03 Å². The van der Waals surface area contributed by atoms with Gasteiger partial charge in [-0.3, -0.25) is 0 Å². The molecule has 0 aliphatic heterocycles. The molecule has 0 aliphatic rings. The van der Waals surface area contributed by atoms with Crippen molar-refractivity contribution < 1.29 is 8.42 Å². The number of hydrogen-bond acceptors (Lipinski definition) is 4. The van der Waals surface area contributed by atoms with Crippen LogP contribution < -0.4 is 10.5 Å². The third-order valence-corrected chi connectivity index (χ3v) is 4.12. The highest BCUT2D eigenvalue weighted by Crippen LogP contribution is 2.12. The number of nitrogens with zero attached hydrogens (tertiary/aromatic N) is 1. The topological polar surface area (TPSA) is 101 Å². The number of benzene rings is 1. The molecule has 0 saturated heterocycles. The fraction of sp³-hybridized carbons (Fsp3) is 0.250. The zero-order valence-electron chi connectivity index (χ0n) is 10.3. The van der Waals surface area contributed by atoms with Crippen LogP contribution in [0.1, 0.15) is 18.0 Å². The molecule has 0 saturated carbocycles. The van der Waals surface area contributed by atoms with Crippen molar-refractivity contribution in [3.8, 4) is 0 Å². The summed E-state index contributed by atoms with van der Waals surface area (Å²) in [7, 11) is -3.52. The van der Waals surface area contributed by atoms with Gasteiger partial charge in [0, 0.05) is 12.6 Å². The van der Waals surface area contributed by atoms with Gasteiger partial charge in [0.2, 0.25) is 0 Å². The van der Waals surface area contributed by atoms with Gasteiger partial charge in [-0.2, -0.15) is 0 Å². The van der Waals surface area contributed by atoms with E-state index in [2.05, 4.69) is 14.7 Å². The van der Waals surface area contributed by atoms with Crippen molar-refractivity contribution in [3.05, 3.63) is 48.4 Å². The highest BCUT2D eigenvalue weighted by atomic mass is 32.2. The molecule has 4 N–H and O–H groups in total. The summed E-state index contributed by atoms with van der Waals surface area (Å²) in [6.07, 6.45) is 3.11. The zero-order chi connectivity index (χ0) is 13.7. The van der Waals surface area contributed by atoms with Crippen LogP contribution in [0.4, 0.5) is 0 Å². The monoisotopic (exact) mass is 280 g/mol. The minimum atomic E-state index is -3.52. The van der Waals surface area contributed by atoms with Crippen LogP contribution in [0, 0.1) is 0 Å². The molecule has 0 aliphatic carbocycles. The summed E-state index contributed by atoms with van der Waals surface area (Å²) in [6, 6.07) is 9.39. The molecular formula is C12H16N4O2S. The van der Waals surface area contributed by atoms with Crippen molar-refractivity contribution in [3.63, 3.8) is 0 Å². The summed E-state index contributed by atoms with van der Waals surface area (Å²) in [6.45, 7) is 0.275. The molecular weight excluding hydrogens is 264 g/mol. The van der Waals surface area contributed by atoms with Gasteiger partial charge in [-0.05, 0) is 12.0 Å². The van der Waals surface area contributed by atoms with Crippen molar-refractivity contribution in [2.75, 3.05) is 6.54 Å². The van der Waals surface area contributed by atoms with Crippen LogP contribution in [-0.4, -0.2) is 24.9 Å². The molecule has 0 radical (unpaired) electrons. The number of imidazole rings is 1. The van der Waals surface area contributed by atoms with Gasteiger partial charge in [-0.15, -0.1) is 0 Å². The fourth-order valence-corrected chi connectivity index (χ4v) is 2.63. The van der Waals surface area contributed by atoms with E-state index < -0.39 is 10.0 Å². The SMILES string of the molecule is NC(CCNS(=O)(=O)c1cnc[nH]1)c1ccccc1. The summed E-state index contributed by atoms with van der Waals surface area (Å²) in [5.41, 5.74) is 6.98. The minimum absolute atomic E-state index is 0.0563. The van der Waals surface area contributed by atoms with Crippen molar-refractivity contribution >= 4 is 10.0 Å². The first-order valence-electron chi connectivity index (χ1n) is 5.88. The number of aromatic amines is 1. The molecule has 1 aromatic carbocycles. The van der Waals surface area contributed by atoms with Crippen LogP contribution in [0.2, 0.25) is 0 Å². The molecule has 1 atom stereocenters. The Morgan fingerprint density at radius 3 is 2.68 bits per heavy atom. The predicted molar refractivity (Wildman–Crippen MR) is 71.8 cm³/mol. The summed E-state index contributed by atoms with van der Waals surface area (Å²) in [5, 5.41) is 0.0563. The van der Waals surface area contributed by atoms with Gasteiger partial charge in [0.25, 0.3) is 10.0 Å². The molecule has 1 heterocycles. The zero-order valence-corrected chi connectivity index (χ0v) is 11.1. The maximum Gasteiger partial charge on any atom is 0.257 e. The normalized spacial score (nSPS) is 13.3. The Bertz CT molecular complexity index is 596. The van der Waals surface area contributed by atoms with E-state index in [-0.39, 0.29) is 17.6 Å². The molecule has 1 aromatic heterocycles. The van der Waals surface area contributed by atoms with E-state index in [4.69, 9.17) is 5.73 Å². The molecule has 0 bridgehead atoms. The number of hydrogen-bond donors (Lipinski definition) is 3. The molecule has 19 heavy (non-hydrogen) atoms. The minimum Gasteiger partial charge on any atom is -0.335 e. The van der Waals surface area contributed by atoms with Crippen LogP contribution in [0.3, 0.4) is 0 Å². The number of nitrogens with one attached hydrogen (secondary N) is 2. The molecule has 6 nitrogen and oxygen atoms in total. The largest absolute Gasteiger partial charge is 0.335 e. The summed E-state index contributed by atoms with van der Waals surface area (Å²) in [5.74, 6) is 0. The maximum atomic E-state index is 11.8. The molecule has 2 aromatic rings. The lowest BCUT2D eigenvalue weighted by Gasteiger charge is -2.12. The first-order valence-corrected chi connectivity index (χ1v) is 7.36. The Balaban J connectivity index is 1.87. The summed E-state index contributed by atoms with van der Waals surface area (Å²) in [4.78, 5) is 6.23. The Kier molecular flexibility index (Phi) is 4.31. The van der Waals surface area contributed by atoms with Crippen LogP contribution >= 0.6 is 0 Å². The van der Waals surface area contributed by atoms with Gasteiger partial charge in [-0.1, -0.05) is 30.3 Å². The maximum absolute atomic E-state index is 11.8. The van der Waals surface area contributed by atoms with Crippen molar-refractivity contribution in [2.24, 2.45) is 5.73 Å². The molecule has 0 amide bonds. The summed E-state index contributed by atoms with van der Waals surface area (Å²) < 4.78 is 26.1. The van der Waals surface area contributed by atoms with E-state index in [9.17, 15) is 8.42 Å². The second kappa shape index (κ2) is 5.96. The van der Waals surface area contributed by atoms with E-state index in [0.717, 1.165) is 5.56 Å². The van der Waals surface area contributed by atoms with Crippen molar-refractivity contribution in [2.45, 2.75) is 17.5 Å². The highest BCUT2D eigenvalue weighted by Gasteiger charge is 2.15. The average molecular weight is 280 g/mol. The smallest absolute Gasteiger partial charge is 0.257 e. The Hall–Kier alpha value is -1.70. The van der Waals surface area contributed by atoms with E-state index in [1.807, 2.05) is 30.3 Å². The first-order chi connectivity index (χ1) is 9.09. The molecule has 7 heteroatoms. The molecule has 0 spiro atoms. The fourth-order valence-electron chi connectivity index (χ4n) is 1.68. The van der Waals surface area contributed by atoms with E-state index >= 15 is 0 Å². The first kappa shape index (κ1) is 13.7. The van der Waals surface area contributed by atoms with Gasteiger partial charge in [0.1, 0.15) is 0 Å². The lowest BCUT2D eigenvalue weighted by Crippen LogP contribution is -2.27. The van der Waals surface area contributed by atoms with Crippen LogP contribution in [0.5, 0.6) is 0 Å². The van der Waals surface area contributed by atoms with Crippen LogP contribution in [0.25, 0.3) is 0 Å². The van der Waals surface area contributed by atoms with Crippen LogP contribution in [0.15, 0.2) is 47.9 Å². The Morgan fingerprint density at radius 1 is 1.32 bits per heavy atom. The van der Waals surface area contributed by atoms with Gasteiger partial charge >= 0.3 is 0 Å². The number of nitrogens with two attached hydrogens (primary N) is 1. The summed E-state index contributed by atoms with van der Waals surface area (Å²) >= 11 is 0. The second-order valence-electron chi connectivity index (χ2n) is 4.12. The molecule has 2 rings (SSSR count). The lowest BCUT2D eigenvalue weighted by atomic mass is 10.1. The Morgan fingerprint density at radius 2 is 2.05 bits per heavy atom. The van der Waals surface area contributed by atoms with Crippen LogP contribution in [-0.2, 0) is 10.0 Å². The number of H-pyrrole nitrogens is 1. The van der Waals surface area contributed by atoms with Crippen molar-refractivity contribution in [1.82, 2.24) is 14.7 Å². The third-order valence-electron chi connectivity index (χ3n) is 2.74. The molecule has 0 fully saturated rings. The van der Waals surface area contributed by atoms with E-state index in [1.54, 1.807) is 0 Å². The third kappa shape index (κ3) is 3.63. The van der Waals surface area contributed by atoms with Gasteiger partial charge in [0.05, 0.1) is 12.5 Å². The number of sulfonamides is 1. The predicted octanol–water partition coefficient (Wildman–Crippen LogP) is 0.778.